The number of hydrogen-bond acceptors (Lipinski definition) is 2. The highest BCUT2D eigenvalue weighted by Gasteiger charge is 2.30. The van der Waals surface area contributed by atoms with Crippen LogP contribution in [0.25, 0.3) is 0 Å². The average Bonchev–Trinajstić information content (AvgIpc) is 2.38. The van der Waals surface area contributed by atoms with E-state index in [1.165, 1.54) is 0 Å². The van der Waals surface area contributed by atoms with Crippen molar-refractivity contribution < 1.29 is 18.3 Å². The number of piperidine rings is 1. The number of halogens is 3. The van der Waals surface area contributed by atoms with E-state index in [1.54, 1.807) is 12.1 Å². The summed E-state index contributed by atoms with van der Waals surface area (Å²) in [5.41, 5.74) is 0.315. The van der Waals surface area contributed by atoms with Crippen LogP contribution in [0.5, 0.6) is 0 Å². The Balaban J connectivity index is 2.02. The van der Waals surface area contributed by atoms with Crippen molar-refractivity contribution in [3.8, 4) is 0 Å². The molecule has 0 aromatic heterocycles. The fourth-order valence-electron chi connectivity index (χ4n) is 2.30. The van der Waals surface area contributed by atoms with Gasteiger partial charge in [0, 0.05) is 12.6 Å². The van der Waals surface area contributed by atoms with E-state index in [-0.39, 0.29) is 18.6 Å². The van der Waals surface area contributed by atoms with Gasteiger partial charge in [0.05, 0.1) is 12.2 Å². The van der Waals surface area contributed by atoms with Crippen molar-refractivity contribution in [2.24, 2.45) is 0 Å². The molecule has 2 rings (SSSR count). The van der Waals surface area contributed by atoms with Crippen LogP contribution in [0.4, 0.5) is 13.2 Å². The highest BCUT2D eigenvalue weighted by molar-refractivity contribution is 5.27. The lowest BCUT2D eigenvalue weighted by Crippen LogP contribution is -2.40. The molecule has 100 valence electrons. The molecule has 2 atom stereocenters. The normalized spacial score (nSPS) is 25.1. The first-order valence-electron chi connectivity index (χ1n) is 6.02. The Kier molecular flexibility index (Phi) is 3.92. The smallest absolute Gasteiger partial charge is 0.395 e. The van der Waals surface area contributed by atoms with Crippen LogP contribution in [0.2, 0.25) is 0 Å². The third-order valence-corrected chi connectivity index (χ3v) is 3.45. The second-order valence-corrected chi connectivity index (χ2v) is 4.68. The molecule has 0 bridgehead atoms. The number of aliphatic hydroxyl groups is 1. The fraction of sp³-hybridized carbons (Fsp3) is 0.538. The molecule has 0 amide bonds. The average molecular weight is 259 g/mol. The van der Waals surface area contributed by atoms with Crippen molar-refractivity contribution in [1.82, 2.24) is 5.32 Å². The Morgan fingerprint density at radius 3 is 2.28 bits per heavy atom. The molecule has 1 aliphatic rings. The molecule has 0 saturated carbocycles. The highest BCUT2D eigenvalue weighted by Crippen LogP contribution is 2.31. The van der Waals surface area contributed by atoms with Gasteiger partial charge in [-0.1, -0.05) is 12.1 Å². The maximum absolute atomic E-state index is 12.4. The third-order valence-electron chi connectivity index (χ3n) is 3.45. The Bertz CT molecular complexity index is 380. The Hall–Kier alpha value is -1.07. The predicted molar refractivity (Wildman–Crippen MR) is 62.3 cm³/mol. The minimum atomic E-state index is -4.27. The predicted octanol–water partition coefficient (Wildman–Crippen LogP) is 2.53. The van der Waals surface area contributed by atoms with Crippen molar-refractivity contribution in [2.75, 3.05) is 13.2 Å². The van der Waals surface area contributed by atoms with Gasteiger partial charge in [-0.05, 0) is 36.5 Å². The van der Waals surface area contributed by atoms with Crippen LogP contribution in [0.1, 0.15) is 29.9 Å². The van der Waals surface area contributed by atoms with Gasteiger partial charge in [-0.3, -0.25) is 0 Å². The lowest BCUT2D eigenvalue weighted by molar-refractivity contribution is -0.137. The van der Waals surface area contributed by atoms with E-state index in [9.17, 15) is 13.2 Å². The van der Waals surface area contributed by atoms with Gasteiger partial charge in [-0.2, -0.15) is 13.2 Å². The van der Waals surface area contributed by atoms with Gasteiger partial charge in [0.1, 0.15) is 0 Å². The number of nitrogens with one attached hydrogen (secondary N) is 1. The van der Waals surface area contributed by atoms with Gasteiger partial charge < -0.3 is 10.4 Å². The Morgan fingerprint density at radius 1 is 1.17 bits per heavy atom. The Morgan fingerprint density at radius 2 is 1.83 bits per heavy atom. The summed E-state index contributed by atoms with van der Waals surface area (Å²) in [6.45, 7) is 0.816. The van der Waals surface area contributed by atoms with Crippen LogP contribution >= 0.6 is 0 Å². The number of benzene rings is 1. The van der Waals surface area contributed by atoms with Crippen LogP contribution in [0.3, 0.4) is 0 Å². The van der Waals surface area contributed by atoms with Crippen molar-refractivity contribution >= 4 is 0 Å². The summed E-state index contributed by atoms with van der Waals surface area (Å²) in [4.78, 5) is 0. The van der Waals surface area contributed by atoms with Crippen molar-refractivity contribution in [3.63, 3.8) is 0 Å². The molecular formula is C13H16F3NO. The van der Waals surface area contributed by atoms with Gasteiger partial charge >= 0.3 is 6.18 Å². The molecule has 18 heavy (non-hydrogen) atoms. The van der Waals surface area contributed by atoms with E-state index >= 15 is 0 Å². The standard InChI is InChI=1S/C13H16F3NO/c14-13(15,16)11-4-1-9(2-5-11)10-3-6-12(8-18)17-7-10/h1-2,4-5,10,12,17-18H,3,6-8H2. The quantitative estimate of drug-likeness (QED) is 0.855. The molecule has 1 aromatic carbocycles. The zero-order chi connectivity index (χ0) is 13.2. The third kappa shape index (κ3) is 3.03. The second-order valence-electron chi connectivity index (χ2n) is 4.68. The number of hydrogen-bond donors (Lipinski definition) is 2. The van der Waals surface area contributed by atoms with Gasteiger partial charge in [-0.15, -0.1) is 0 Å². The minimum Gasteiger partial charge on any atom is -0.395 e. The van der Waals surface area contributed by atoms with E-state index in [1.807, 2.05) is 0 Å². The molecule has 1 fully saturated rings. The number of aliphatic hydroxyl groups excluding tert-OH is 1. The highest BCUT2D eigenvalue weighted by atomic mass is 19.4. The summed E-state index contributed by atoms with van der Waals surface area (Å²) >= 11 is 0. The molecule has 1 heterocycles. The van der Waals surface area contributed by atoms with E-state index in [4.69, 9.17) is 5.11 Å². The first-order valence-corrected chi connectivity index (χ1v) is 6.02. The first kappa shape index (κ1) is 13.4. The zero-order valence-corrected chi connectivity index (χ0v) is 9.87. The van der Waals surface area contributed by atoms with Gasteiger partial charge in [-0.25, -0.2) is 0 Å². The lowest BCUT2D eigenvalue weighted by Gasteiger charge is -2.29. The molecule has 2 unspecified atom stereocenters. The molecular weight excluding hydrogens is 243 g/mol. The zero-order valence-electron chi connectivity index (χ0n) is 9.87. The maximum Gasteiger partial charge on any atom is 0.416 e. The maximum atomic E-state index is 12.4. The molecule has 0 aliphatic carbocycles. The topological polar surface area (TPSA) is 32.3 Å². The van der Waals surface area contributed by atoms with Crippen molar-refractivity contribution in [1.29, 1.82) is 0 Å². The minimum absolute atomic E-state index is 0.111. The van der Waals surface area contributed by atoms with E-state index < -0.39 is 11.7 Å². The van der Waals surface area contributed by atoms with Gasteiger partial charge in [0.25, 0.3) is 0 Å². The lowest BCUT2D eigenvalue weighted by atomic mass is 9.88. The van der Waals surface area contributed by atoms with Gasteiger partial charge in [0.15, 0.2) is 0 Å². The fourth-order valence-corrected chi connectivity index (χ4v) is 2.30. The van der Waals surface area contributed by atoms with Gasteiger partial charge in [0.2, 0.25) is 0 Å². The molecule has 0 spiro atoms. The summed E-state index contributed by atoms with van der Waals surface area (Å²) in [7, 11) is 0. The molecule has 2 N–H and O–H groups in total. The van der Waals surface area contributed by atoms with E-state index in [2.05, 4.69) is 5.32 Å². The molecule has 1 saturated heterocycles. The van der Waals surface area contributed by atoms with Crippen molar-refractivity contribution in [2.45, 2.75) is 31.0 Å². The molecule has 0 radical (unpaired) electrons. The first-order chi connectivity index (χ1) is 8.50. The largest absolute Gasteiger partial charge is 0.416 e. The monoisotopic (exact) mass is 259 g/mol. The second kappa shape index (κ2) is 5.28. The van der Waals surface area contributed by atoms with Crippen LogP contribution in [-0.2, 0) is 6.18 Å². The molecule has 5 heteroatoms. The van der Waals surface area contributed by atoms with E-state index in [0.717, 1.165) is 30.5 Å². The van der Waals surface area contributed by atoms with Crippen molar-refractivity contribution in [3.05, 3.63) is 35.4 Å². The van der Waals surface area contributed by atoms with Crippen LogP contribution in [0.15, 0.2) is 24.3 Å². The molecule has 2 nitrogen and oxygen atoms in total. The molecule has 1 aliphatic heterocycles. The number of alkyl halides is 3. The van der Waals surface area contributed by atoms with Crippen LogP contribution in [-0.4, -0.2) is 24.3 Å². The van der Waals surface area contributed by atoms with Crippen LogP contribution in [0, 0.1) is 0 Å². The summed E-state index contributed by atoms with van der Waals surface area (Å²) in [5.74, 6) is 0.232. The number of rotatable bonds is 2. The Labute approximate surface area is 104 Å². The summed E-state index contributed by atoms with van der Waals surface area (Å²) in [6.07, 6.45) is -2.53. The SMILES string of the molecule is OCC1CCC(c2ccc(C(F)(F)F)cc2)CN1. The summed E-state index contributed by atoms with van der Waals surface area (Å²) < 4.78 is 37.3. The summed E-state index contributed by atoms with van der Waals surface area (Å²) in [6, 6.07) is 5.49. The van der Waals surface area contributed by atoms with E-state index in [0.29, 0.717) is 6.54 Å². The van der Waals surface area contributed by atoms with Crippen LogP contribution < -0.4 is 5.32 Å². The summed E-state index contributed by atoms with van der Waals surface area (Å²) in [5, 5.41) is 12.2. The molecule has 1 aromatic rings.